The molecule has 1 aromatic rings. The molecular weight excluding hydrogens is 285 g/mol. The quantitative estimate of drug-likeness (QED) is 0.464. The summed E-state index contributed by atoms with van der Waals surface area (Å²) in [5.74, 6) is 0. The smallest absolute Gasteiger partial charge is 0.310 e. The van der Waals surface area contributed by atoms with E-state index in [4.69, 9.17) is 0 Å². The van der Waals surface area contributed by atoms with Crippen LogP contribution in [0.1, 0.15) is 43.4 Å². The summed E-state index contributed by atoms with van der Waals surface area (Å²) < 4.78 is 35.9. The molecule has 1 rings (SSSR count). The highest BCUT2D eigenvalue weighted by atomic mass is 19.4. The Bertz CT molecular complexity index is 490. The van der Waals surface area contributed by atoms with Crippen molar-refractivity contribution in [2.45, 2.75) is 45.3 Å². The van der Waals surface area contributed by atoms with Crippen LogP contribution in [0, 0.1) is 17.0 Å². The maximum atomic E-state index is 12.0. The molecule has 118 valence electrons. The molecule has 7 heteroatoms. The lowest BCUT2D eigenvalue weighted by Gasteiger charge is -2.15. The highest BCUT2D eigenvalue weighted by Crippen LogP contribution is 2.24. The molecule has 0 aliphatic carbocycles. The van der Waals surface area contributed by atoms with E-state index in [1.807, 2.05) is 6.92 Å². The van der Waals surface area contributed by atoms with Gasteiger partial charge in [-0.3, -0.25) is 10.1 Å². The molecule has 1 N–H and O–H groups in total. The molecule has 0 saturated carbocycles. The summed E-state index contributed by atoms with van der Waals surface area (Å²) in [6.45, 7) is 3.94. The van der Waals surface area contributed by atoms with Gasteiger partial charge in [-0.05, 0) is 38.8 Å². The molecule has 0 aliphatic rings. The van der Waals surface area contributed by atoms with E-state index in [0.29, 0.717) is 18.5 Å². The largest absolute Gasteiger partial charge is 0.389 e. The summed E-state index contributed by atoms with van der Waals surface area (Å²) in [6, 6.07) is 4.82. The van der Waals surface area contributed by atoms with Crippen LogP contribution in [0.5, 0.6) is 0 Å². The molecule has 0 spiro atoms. The molecular formula is C14H19F3N2O2. The van der Waals surface area contributed by atoms with Crippen LogP contribution >= 0.6 is 0 Å². The van der Waals surface area contributed by atoms with Crippen molar-refractivity contribution in [2.75, 3.05) is 6.54 Å². The van der Waals surface area contributed by atoms with Crippen molar-refractivity contribution in [3.8, 4) is 0 Å². The molecule has 0 aromatic heterocycles. The molecule has 0 radical (unpaired) electrons. The molecule has 0 saturated heterocycles. The van der Waals surface area contributed by atoms with E-state index in [1.54, 1.807) is 19.1 Å². The maximum absolute atomic E-state index is 12.0. The standard InChI is InChI=1S/C14H19F3N2O2/c1-10-5-6-12(9-13(10)19(20)21)11(2)18-8-4-3-7-14(15,16)17/h5-6,9,11,18H,3-4,7-8H2,1-2H3. The van der Waals surface area contributed by atoms with Crippen molar-refractivity contribution in [2.24, 2.45) is 0 Å². The van der Waals surface area contributed by atoms with Crippen LogP contribution < -0.4 is 5.32 Å². The topological polar surface area (TPSA) is 55.2 Å². The lowest BCUT2D eigenvalue weighted by molar-refractivity contribution is -0.385. The third-order valence-corrected chi connectivity index (χ3v) is 3.27. The van der Waals surface area contributed by atoms with Gasteiger partial charge in [-0.25, -0.2) is 0 Å². The van der Waals surface area contributed by atoms with E-state index < -0.39 is 17.5 Å². The number of nitro groups is 1. The summed E-state index contributed by atoms with van der Waals surface area (Å²) in [4.78, 5) is 10.4. The van der Waals surface area contributed by atoms with Gasteiger partial charge in [0.05, 0.1) is 4.92 Å². The van der Waals surface area contributed by atoms with Crippen molar-refractivity contribution in [1.29, 1.82) is 0 Å². The molecule has 0 heterocycles. The van der Waals surface area contributed by atoms with E-state index in [9.17, 15) is 23.3 Å². The van der Waals surface area contributed by atoms with Crippen LogP contribution in [-0.2, 0) is 0 Å². The minimum atomic E-state index is -4.11. The second kappa shape index (κ2) is 7.40. The molecule has 1 atom stereocenters. The van der Waals surface area contributed by atoms with Gasteiger partial charge in [0.2, 0.25) is 0 Å². The maximum Gasteiger partial charge on any atom is 0.389 e. The average Bonchev–Trinajstić information content (AvgIpc) is 2.36. The monoisotopic (exact) mass is 304 g/mol. The highest BCUT2D eigenvalue weighted by molar-refractivity contribution is 5.43. The summed E-state index contributed by atoms with van der Waals surface area (Å²) in [5, 5.41) is 13.9. The van der Waals surface area contributed by atoms with Gasteiger partial charge in [0, 0.05) is 24.1 Å². The van der Waals surface area contributed by atoms with Crippen molar-refractivity contribution in [3.05, 3.63) is 39.4 Å². The van der Waals surface area contributed by atoms with Crippen LogP contribution in [-0.4, -0.2) is 17.6 Å². The van der Waals surface area contributed by atoms with Gasteiger partial charge in [-0.2, -0.15) is 13.2 Å². The molecule has 0 fully saturated rings. The number of rotatable bonds is 7. The van der Waals surface area contributed by atoms with Crippen LogP contribution in [0.4, 0.5) is 18.9 Å². The Kier molecular flexibility index (Phi) is 6.14. The van der Waals surface area contributed by atoms with Crippen molar-refractivity contribution in [1.82, 2.24) is 5.32 Å². The summed E-state index contributed by atoms with van der Waals surface area (Å²) >= 11 is 0. The van der Waals surface area contributed by atoms with E-state index in [-0.39, 0.29) is 18.2 Å². The fraction of sp³-hybridized carbons (Fsp3) is 0.571. The predicted octanol–water partition coefficient (Wildman–Crippen LogP) is 4.29. The Hall–Kier alpha value is -1.63. The zero-order valence-electron chi connectivity index (χ0n) is 12.0. The molecule has 1 unspecified atom stereocenters. The summed E-state index contributed by atoms with van der Waals surface area (Å²) in [6.07, 6.45) is -4.39. The number of nitrogens with zero attached hydrogens (tertiary/aromatic N) is 1. The van der Waals surface area contributed by atoms with Crippen molar-refractivity contribution >= 4 is 5.69 Å². The Morgan fingerprint density at radius 1 is 1.33 bits per heavy atom. The highest BCUT2D eigenvalue weighted by Gasteiger charge is 2.25. The molecule has 4 nitrogen and oxygen atoms in total. The fourth-order valence-corrected chi connectivity index (χ4v) is 1.98. The van der Waals surface area contributed by atoms with Gasteiger partial charge >= 0.3 is 6.18 Å². The van der Waals surface area contributed by atoms with Crippen LogP contribution in [0.2, 0.25) is 0 Å². The molecule has 0 bridgehead atoms. The molecule has 0 aliphatic heterocycles. The van der Waals surface area contributed by atoms with Gasteiger partial charge < -0.3 is 5.32 Å². The van der Waals surface area contributed by atoms with Crippen LogP contribution in [0.3, 0.4) is 0 Å². The number of halogens is 3. The van der Waals surface area contributed by atoms with E-state index in [0.717, 1.165) is 5.56 Å². The number of nitro benzene ring substituents is 1. The third kappa shape index (κ3) is 6.12. The SMILES string of the molecule is Cc1ccc(C(C)NCCCCC(F)(F)F)cc1[N+](=O)[O-]. The van der Waals surface area contributed by atoms with Gasteiger partial charge in [0.1, 0.15) is 0 Å². The first-order valence-electron chi connectivity index (χ1n) is 6.76. The summed E-state index contributed by atoms with van der Waals surface area (Å²) in [7, 11) is 0. The number of hydrogen-bond acceptors (Lipinski definition) is 3. The first kappa shape index (κ1) is 17.4. The number of aryl methyl sites for hydroxylation is 1. The van der Waals surface area contributed by atoms with Crippen LogP contribution in [0.15, 0.2) is 18.2 Å². The lowest BCUT2D eigenvalue weighted by Crippen LogP contribution is -2.20. The second-order valence-corrected chi connectivity index (χ2v) is 5.05. The fourth-order valence-electron chi connectivity index (χ4n) is 1.98. The van der Waals surface area contributed by atoms with Gasteiger partial charge in [0.25, 0.3) is 5.69 Å². The summed E-state index contributed by atoms with van der Waals surface area (Å²) in [5.41, 5.74) is 1.39. The van der Waals surface area contributed by atoms with E-state index >= 15 is 0 Å². The zero-order chi connectivity index (χ0) is 16.0. The Labute approximate surface area is 121 Å². The first-order valence-corrected chi connectivity index (χ1v) is 6.76. The number of unbranched alkanes of at least 4 members (excludes halogenated alkanes) is 1. The van der Waals surface area contributed by atoms with E-state index in [2.05, 4.69) is 5.32 Å². The average molecular weight is 304 g/mol. The number of alkyl halides is 3. The number of nitrogens with one attached hydrogen (secondary N) is 1. The third-order valence-electron chi connectivity index (χ3n) is 3.27. The zero-order valence-corrected chi connectivity index (χ0v) is 12.0. The minimum absolute atomic E-state index is 0.0539. The normalized spacial score (nSPS) is 13.2. The molecule has 0 amide bonds. The van der Waals surface area contributed by atoms with Crippen molar-refractivity contribution < 1.29 is 18.1 Å². The van der Waals surface area contributed by atoms with Gasteiger partial charge in [0.15, 0.2) is 0 Å². The van der Waals surface area contributed by atoms with E-state index in [1.165, 1.54) is 6.07 Å². The molecule has 1 aromatic carbocycles. The van der Waals surface area contributed by atoms with Gasteiger partial charge in [-0.15, -0.1) is 0 Å². The Morgan fingerprint density at radius 2 is 2.00 bits per heavy atom. The Morgan fingerprint density at radius 3 is 2.57 bits per heavy atom. The lowest BCUT2D eigenvalue weighted by atomic mass is 10.0. The second-order valence-electron chi connectivity index (χ2n) is 5.05. The predicted molar refractivity (Wildman–Crippen MR) is 74.2 cm³/mol. The van der Waals surface area contributed by atoms with Gasteiger partial charge in [-0.1, -0.05) is 12.1 Å². The number of hydrogen-bond donors (Lipinski definition) is 1. The van der Waals surface area contributed by atoms with Crippen LogP contribution in [0.25, 0.3) is 0 Å². The van der Waals surface area contributed by atoms with Crippen molar-refractivity contribution in [3.63, 3.8) is 0 Å². The molecule has 21 heavy (non-hydrogen) atoms. The number of benzene rings is 1. The Balaban J connectivity index is 2.47. The minimum Gasteiger partial charge on any atom is -0.310 e. The first-order chi connectivity index (χ1) is 9.70.